The number of nitrogens with one attached hydrogen (secondary N) is 2. The Hall–Kier alpha value is -2.15. The number of carbonyl (C=O) groups is 2. The van der Waals surface area contributed by atoms with E-state index in [2.05, 4.69) is 15.3 Å². The van der Waals surface area contributed by atoms with E-state index in [1.807, 2.05) is 6.92 Å². The van der Waals surface area contributed by atoms with Crippen molar-refractivity contribution in [2.75, 3.05) is 0 Å². The molecule has 0 saturated carbocycles. The third kappa shape index (κ3) is 2.72. The third-order valence-corrected chi connectivity index (χ3v) is 3.86. The largest absolute Gasteiger partial charge is 0.477 e. The van der Waals surface area contributed by atoms with Gasteiger partial charge in [-0.3, -0.25) is 4.79 Å². The van der Waals surface area contributed by atoms with E-state index in [1.165, 1.54) is 11.3 Å². The predicted octanol–water partition coefficient (Wildman–Crippen LogP) is 2.02. The highest BCUT2D eigenvalue weighted by molar-refractivity contribution is 7.11. The van der Waals surface area contributed by atoms with Gasteiger partial charge >= 0.3 is 5.97 Å². The maximum Gasteiger partial charge on any atom is 0.352 e. The predicted molar refractivity (Wildman–Crippen MR) is 75.2 cm³/mol. The molecule has 2 aromatic heterocycles. The van der Waals surface area contributed by atoms with Crippen molar-refractivity contribution in [2.45, 2.75) is 27.3 Å². The number of aromatic carboxylic acids is 1. The second-order valence-corrected chi connectivity index (χ2v) is 5.80. The first kappa shape index (κ1) is 14.3. The van der Waals surface area contributed by atoms with Gasteiger partial charge in [0.05, 0.1) is 12.1 Å². The lowest BCUT2D eigenvalue weighted by molar-refractivity contribution is 0.0690. The van der Waals surface area contributed by atoms with Gasteiger partial charge in [0.1, 0.15) is 10.7 Å². The molecule has 2 aromatic rings. The fraction of sp³-hybridized carbons (Fsp3) is 0.308. The smallest absolute Gasteiger partial charge is 0.352 e. The van der Waals surface area contributed by atoms with Crippen molar-refractivity contribution in [1.82, 2.24) is 15.3 Å². The zero-order chi connectivity index (χ0) is 14.9. The van der Waals surface area contributed by atoms with Gasteiger partial charge in [0.2, 0.25) is 0 Å². The average molecular weight is 293 g/mol. The summed E-state index contributed by atoms with van der Waals surface area (Å²) in [6.07, 6.45) is 1.75. The Morgan fingerprint density at radius 2 is 2.10 bits per heavy atom. The van der Waals surface area contributed by atoms with E-state index in [0.29, 0.717) is 23.4 Å². The van der Waals surface area contributed by atoms with Gasteiger partial charge in [0, 0.05) is 16.8 Å². The second kappa shape index (κ2) is 5.46. The van der Waals surface area contributed by atoms with Crippen LogP contribution in [0.25, 0.3) is 0 Å². The summed E-state index contributed by atoms with van der Waals surface area (Å²) in [4.78, 5) is 31.1. The molecule has 20 heavy (non-hydrogen) atoms. The first-order chi connectivity index (χ1) is 9.40. The van der Waals surface area contributed by atoms with Gasteiger partial charge in [-0.2, -0.15) is 0 Å². The Kier molecular flexibility index (Phi) is 3.89. The number of thiazole rings is 1. The molecule has 0 aliphatic rings. The number of aryl methyl sites for hydroxylation is 2. The fourth-order valence-electron chi connectivity index (χ4n) is 2.03. The van der Waals surface area contributed by atoms with Gasteiger partial charge in [0.25, 0.3) is 5.91 Å². The summed E-state index contributed by atoms with van der Waals surface area (Å²) in [6.45, 7) is 5.59. The van der Waals surface area contributed by atoms with Crippen molar-refractivity contribution in [2.24, 2.45) is 0 Å². The molecule has 6 nitrogen and oxygen atoms in total. The Morgan fingerprint density at radius 3 is 2.60 bits per heavy atom. The van der Waals surface area contributed by atoms with E-state index in [4.69, 9.17) is 5.11 Å². The average Bonchev–Trinajstić information content (AvgIpc) is 2.91. The maximum atomic E-state index is 12.2. The molecule has 0 aliphatic carbocycles. The minimum Gasteiger partial charge on any atom is -0.477 e. The Bertz CT molecular complexity index is 672. The monoisotopic (exact) mass is 293 g/mol. The number of carboxylic acid groups (broad SMARTS) is 1. The number of nitrogens with zero attached hydrogens (tertiary/aromatic N) is 1. The Balaban J connectivity index is 2.15. The minimum absolute atomic E-state index is 0.0535. The summed E-state index contributed by atoms with van der Waals surface area (Å²) in [7, 11) is 0. The van der Waals surface area contributed by atoms with Crippen molar-refractivity contribution >= 4 is 23.2 Å². The molecule has 0 bridgehead atoms. The first-order valence-corrected chi connectivity index (χ1v) is 6.83. The van der Waals surface area contributed by atoms with Gasteiger partial charge in [-0.1, -0.05) is 0 Å². The van der Waals surface area contributed by atoms with Crippen molar-refractivity contribution < 1.29 is 14.7 Å². The highest BCUT2D eigenvalue weighted by Crippen LogP contribution is 2.18. The van der Waals surface area contributed by atoms with E-state index in [9.17, 15) is 9.59 Å². The van der Waals surface area contributed by atoms with Crippen LogP contribution in [-0.4, -0.2) is 27.0 Å². The van der Waals surface area contributed by atoms with E-state index >= 15 is 0 Å². The summed E-state index contributed by atoms with van der Waals surface area (Å²) in [5.41, 5.74) is 1.43. The lowest BCUT2D eigenvalue weighted by Crippen LogP contribution is -2.23. The third-order valence-electron chi connectivity index (χ3n) is 2.95. The highest BCUT2D eigenvalue weighted by atomic mass is 32.1. The standard InChI is InChI=1S/C13H15N3O3S/c1-6-4-14-9(20-6)5-15-12(17)10-7(2)11(13(18)19)16-8(10)3/h4,16H,5H2,1-3H3,(H,15,17)(H,18,19). The van der Waals surface area contributed by atoms with Gasteiger partial charge in [-0.25, -0.2) is 9.78 Å². The van der Waals surface area contributed by atoms with Gasteiger partial charge in [-0.05, 0) is 26.3 Å². The topological polar surface area (TPSA) is 95.1 Å². The van der Waals surface area contributed by atoms with E-state index in [-0.39, 0.29) is 11.6 Å². The van der Waals surface area contributed by atoms with Crippen molar-refractivity contribution in [1.29, 1.82) is 0 Å². The van der Waals surface area contributed by atoms with Gasteiger partial charge < -0.3 is 15.4 Å². The van der Waals surface area contributed by atoms with Crippen LogP contribution in [0.4, 0.5) is 0 Å². The summed E-state index contributed by atoms with van der Waals surface area (Å²) >= 11 is 1.52. The molecule has 0 saturated heterocycles. The number of amides is 1. The number of aromatic amines is 1. The molecule has 0 aromatic carbocycles. The second-order valence-electron chi connectivity index (χ2n) is 4.48. The first-order valence-electron chi connectivity index (χ1n) is 6.02. The molecular formula is C13H15N3O3S. The van der Waals surface area contributed by atoms with E-state index in [1.54, 1.807) is 20.0 Å². The normalized spacial score (nSPS) is 10.6. The molecule has 2 heterocycles. The lowest BCUT2D eigenvalue weighted by Gasteiger charge is -2.04. The van der Waals surface area contributed by atoms with Crippen LogP contribution >= 0.6 is 11.3 Å². The summed E-state index contributed by atoms with van der Waals surface area (Å²) in [6, 6.07) is 0. The Morgan fingerprint density at radius 1 is 1.40 bits per heavy atom. The number of H-pyrrole nitrogens is 1. The van der Waals surface area contributed by atoms with Crippen LogP contribution in [0.2, 0.25) is 0 Å². The maximum absolute atomic E-state index is 12.2. The van der Waals surface area contributed by atoms with Crippen LogP contribution in [-0.2, 0) is 6.54 Å². The van der Waals surface area contributed by atoms with Gasteiger partial charge in [0.15, 0.2) is 0 Å². The molecule has 7 heteroatoms. The van der Waals surface area contributed by atoms with Crippen LogP contribution in [0.15, 0.2) is 6.20 Å². The lowest BCUT2D eigenvalue weighted by atomic mass is 10.1. The summed E-state index contributed by atoms with van der Waals surface area (Å²) in [5.74, 6) is -1.36. The minimum atomic E-state index is -1.07. The van der Waals surface area contributed by atoms with Crippen LogP contribution in [0.1, 0.15) is 42.0 Å². The van der Waals surface area contributed by atoms with E-state index < -0.39 is 5.97 Å². The van der Waals surface area contributed by atoms with Crippen molar-refractivity contribution in [3.05, 3.63) is 38.6 Å². The van der Waals surface area contributed by atoms with Crippen LogP contribution in [0.3, 0.4) is 0 Å². The molecule has 2 rings (SSSR count). The van der Waals surface area contributed by atoms with Crippen molar-refractivity contribution in [3.63, 3.8) is 0 Å². The molecule has 0 radical (unpaired) electrons. The molecule has 0 atom stereocenters. The van der Waals surface area contributed by atoms with Crippen molar-refractivity contribution in [3.8, 4) is 0 Å². The fourth-order valence-corrected chi connectivity index (χ4v) is 2.76. The zero-order valence-corrected chi connectivity index (χ0v) is 12.2. The number of aromatic nitrogens is 2. The molecule has 106 valence electrons. The van der Waals surface area contributed by atoms with Gasteiger partial charge in [-0.15, -0.1) is 11.3 Å². The molecule has 0 spiro atoms. The quantitative estimate of drug-likeness (QED) is 0.803. The van der Waals surface area contributed by atoms with Crippen LogP contribution in [0, 0.1) is 20.8 Å². The SMILES string of the molecule is Cc1cnc(CNC(=O)c2c(C)[nH]c(C(=O)O)c2C)s1. The van der Waals surface area contributed by atoms with E-state index in [0.717, 1.165) is 9.88 Å². The summed E-state index contributed by atoms with van der Waals surface area (Å²) < 4.78 is 0. The summed E-state index contributed by atoms with van der Waals surface area (Å²) in [5, 5.41) is 12.6. The number of hydrogen-bond donors (Lipinski definition) is 3. The number of carbonyl (C=O) groups excluding carboxylic acids is 1. The molecular weight excluding hydrogens is 278 g/mol. The van der Waals surface area contributed by atoms with Crippen LogP contribution < -0.4 is 5.32 Å². The highest BCUT2D eigenvalue weighted by Gasteiger charge is 2.21. The zero-order valence-electron chi connectivity index (χ0n) is 11.4. The van der Waals surface area contributed by atoms with Crippen LogP contribution in [0.5, 0.6) is 0 Å². The Labute approximate surface area is 119 Å². The molecule has 3 N–H and O–H groups in total. The molecule has 0 aliphatic heterocycles. The number of carboxylic acids is 1. The molecule has 0 unspecified atom stereocenters. The molecule has 1 amide bonds. The molecule has 0 fully saturated rings. The number of hydrogen-bond acceptors (Lipinski definition) is 4. The number of rotatable bonds is 4.